The molecule has 0 aliphatic carbocycles. The van der Waals surface area contributed by atoms with Crippen molar-refractivity contribution in [2.45, 2.75) is 115 Å². The molecule has 2 nitrogen and oxygen atoms in total. The molecular formula is C31H47NO. The van der Waals surface area contributed by atoms with Gasteiger partial charge in [-0.05, 0) is 78.0 Å². The van der Waals surface area contributed by atoms with Gasteiger partial charge in [0.15, 0.2) is 0 Å². The molecule has 0 amide bonds. The zero-order valence-corrected chi connectivity index (χ0v) is 22.0. The van der Waals surface area contributed by atoms with Crippen molar-refractivity contribution < 1.29 is 5.11 Å². The third-order valence-electron chi connectivity index (χ3n) is 9.37. The average molecular weight is 450 g/mol. The molecule has 2 aromatic rings. The smallest absolute Gasteiger partial charge is 0.0679 e. The second-order valence-corrected chi connectivity index (χ2v) is 10.3. The number of nitrogens with one attached hydrogen (secondary N) is 1. The van der Waals surface area contributed by atoms with E-state index < -0.39 is 0 Å². The van der Waals surface area contributed by atoms with Crippen LogP contribution in [0.25, 0.3) is 0 Å². The first-order valence-electron chi connectivity index (χ1n) is 13.5. The van der Waals surface area contributed by atoms with Gasteiger partial charge in [0.05, 0.1) is 6.10 Å². The van der Waals surface area contributed by atoms with Crippen LogP contribution in [0.3, 0.4) is 0 Å². The summed E-state index contributed by atoms with van der Waals surface area (Å²) in [6.45, 7) is 14.6. The maximum absolute atomic E-state index is 10.3. The fourth-order valence-electron chi connectivity index (χ4n) is 6.47. The van der Waals surface area contributed by atoms with Crippen LogP contribution in [0.5, 0.6) is 0 Å². The molecule has 3 rings (SSSR count). The lowest BCUT2D eigenvalue weighted by Gasteiger charge is -2.33. The fraction of sp³-hybridized carbons (Fsp3) is 0.613. The van der Waals surface area contributed by atoms with Gasteiger partial charge >= 0.3 is 0 Å². The maximum Gasteiger partial charge on any atom is 0.0679 e. The van der Waals surface area contributed by atoms with Gasteiger partial charge in [-0.3, -0.25) is 0 Å². The van der Waals surface area contributed by atoms with Crippen molar-refractivity contribution in [2.24, 2.45) is 0 Å². The van der Waals surface area contributed by atoms with Crippen LogP contribution < -0.4 is 5.32 Å². The van der Waals surface area contributed by atoms with Gasteiger partial charge in [-0.2, -0.15) is 0 Å². The molecule has 1 aliphatic rings. The van der Waals surface area contributed by atoms with E-state index in [1.165, 1.54) is 60.8 Å². The average Bonchev–Trinajstić information content (AvgIpc) is 3.29. The first-order valence-corrected chi connectivity index (χ1v) is 13.5. The first-order chi connectivity index (χ1) is 15.9. The molecule has 1 saturated heterocycles. The predicted molar refractivity (Wildman–Crippen MR) is 142 cm³/mol. The van der Waals surface area contributed by atoms with Gasteiger partial charge in [0.2, 0.25) is 0 Å². The van der Waals surface area contributed by atoms with Crippen LogP contribution in [-0.4, -0.2) is 23.8 Å². The molecule has 33 heavy (non-hydrogen) atoms. The second kappa shape index (κ2) is 11.2. The molecule has 0 radical (unpaired) electrons. The van der Waals surface area contributed by atoms with E-state index in [4.69, 9.17) is 0 Å². The minimum Gasteiger partial charge on any atom is -0.392 e. The Bertz CT molecular complexity index is 765. The van der Waals surface area contributed by atoms with Crippen LogP contribution in [0.2, 0.25) is 0 Å². The number of rotatable bonds is 11. The Hall–Kier alpha value is -1.64. The van der Waals surface area contributed by atoms with E-state index in [-0.39, 0.29) is 28.9 Å². The Kier molecular flexibility index (Phi) is 8.81. The zero-order valence-electron chi connectivity index (χ0n) is 22.0. The molecule has 1 fully saturated rings. The molecule has 1 aliphatic heterocycles. The van der Waals surface area contributed by atoms with Crippen LogP contribution in [0.4, 0.5) is 0 Å². The molecule has 2 N–H and O–H groups in total. The van der Waals surface area contributed by atoms with E-state index in [9.17, 15) is 5.11 Å². The molecule has 1 unspecified atom stereocenters. The molecule has 0 bridgehead atoms. The second-order valence-electron chi connectivity index (χ2n) is 10.3. The lowest BCUT2D eigenvalue weighted by molar-refractivity contribution is 0.192. The molecule has 2 atom stereocenters. The Labute approximate surface area is 203 Å². The summed E-state index contributed by atoms with van der Waals surface area (Å²) in [5, 5.41) is 13.9. The summed E-state index contributed by atoms with van der Waals surface area (Å²) in [6.07, 6.45) is 7.60. The molecular weight excluding hydrogens is 402 g/mol. The van der Waals surface area contributed by atoms with Crippen molar-refractivity contribution in [3.63, 3.8) is 0 Å². The third kappa shape index (κ3) is 5.08. The number of hydrogen-bond donors (Lipinski definition) is 2. The Morgan fingerprint density at radius 1 is 0.697 bits per heavy atom. The van der Waals surface area contributed by atoms with E-state index in [1.807, 2.05) is 0 Å². The summed E-state index contributed by atoms with van der Waals surface area (Å²) in [5.41, 5.74) is 6.19. The first kappa shape index (κ1) is 26.0. The topological polar surface area (TPSA) is 32.3 Å². The molecule has 0 aromatic heterocycles. The van der Waals surface area contributed by atoms with Crippen LogP contribution in [0, 0.1) is 0 Å². The van der Waals surface area contributed by atoms with Crippen LogP contribution >= 0.6 is 0 Å². The van der Waals surface area contributed by atoms with Gasteiger partial charge in [0.1, 0.15) is 0 Å². The highest BCUT2D eigenvalue weighted by Crippen LogP contribution is 2.39. The standard InChI is InChI=1S/C31H47NO/c1-7-30(8-2,9-3)25-17-13-23(14-18-25)29(28-21-27(33)22-32-28)24-15-19-26(20-16-24)31(10-4,11-5)12-6/h13-20,27-29,32-33H,7-12,21-22H2,1-6H3/t27-,28?/m1/s1. The number of aliphatic hydroxyl groups excluding tert-OH is 1. The molecule has 2 heteroatoms. The molecule has 0 spiro atoms. The summed E-state index contributed by atoms with van der Waals surface area (Å²) < 4.78 is 0. The largest absolute Gasteiger partial charge is 0.392 e. The number of benzene rings is 2. The number of hydrogen-bond acceptors (Lipinski definition) is 2. The lowest BCUT2D eigenvalue weighted by atomic mass is 9.72. The highest BCUT2D eigenvalue weighted by molar-refractivity contribution is 5.40. The quantitative estimate of drug-likeness (QED) is 0.373. The lowest BCUT2D eigenvalue weighted by Crippen LogP contribution is -2.30. The van der Waals surface area contributed by atoms with Crippen LogP contribution in [0.15, 0.2) is 48.5 Å². The SMILES string of the molecule is CCC(CC)(CC)c1ccc(C(c2ccc(C(CC)(CC)CC)cc2)C2C[C@@H](O)CN2)cc1. The van der Waals surface area contributed by atoms with Gasteiger partial charge in [-0.15, -0.1) is 0 Å². The number of β-amino-alcohol motifs (C(OH)–C–C–N with tert-alkyl or cyclic N) is 1. The zero-order chi connectivity index (χ0) is 24.1. The van der Waals surface area contributed by atoms with E-state index in [2.05, 4.69) is 95.4 Å². The number of aliphatic hydroxyl groups is 1. The van der Waals surface area contributed by atoms with Crippen LogP contribution in [0.1, 0.15) is 115 Å². The van der Waals surface area contributed by atoms with Crippen molar-refractivity contribution >= 4 is 0 Å². The van der Waals surface area contributed by atoms with Crippen molar-refractivity contribution in [2.75, 3.05) is 6.54 Å². The molecule has 1 heterocycles. The summed E-state index contributed by atoms with van der Waals surface area (Å²) in [4.78, 5) is 0. The highest BCUT2D eigenvalue weighted by Gasteiger charge is 2.33. The van der Waals surface area contributed by atoms with Crippen molar-refractivity contribution in [1.29, 1.82) is 0 Å². The van der Waals surface area contributed by atoms with E-state index in [0.29, 0.717) is 6.54 Å². The minimum atomic E-state index is -0.253. The Balaban J connectivity index is 1.98. The summed E-state index contributed by atoms with van der Waals surface area (Å²) in [7, 11) is 0. The van der Waals surface area contributed by atoms with Crippen molar-refractivity contribution in [3.8, 4) is 0 Å². The minimum absolute atomic E-state index is 0.253. The summed E-state index contributed by atoms with van der Waals surface area (Å²) in [5.74, 6) is 0.254. The third-order valence-corrected chi connectivity index (χ3v) is 9.37. The Morgan fingerprint density at radius 3 is 1.33 bits per heavy atom. The van der Waals surface area contributed by atoms with Crippen molar-refractivity contribution in [3.05, 3.63) is 70.8 Å². The van der Waals surface area contributed by atoms with E-state index >= 15 is 0 Å². The van der Waals surface area contributed by atoms with Gasteiger partial charge < -0.3 is 10.4 Å². The van der Waals surface area contributed by atoms with Gasteiger partial charge in [-0.1, -0.05) is 90.1 Å². The van der Waals surface area contributed by atoms with Gasteiger partial charge in [0.25, 0.3) is 0 Å². The Morgan fingerprint density at radius 2 is 1.06 bits per heavy atom. The molecule has 0 saturated carbocycles. The van der Waals surface area contributed by atoms with Crippen molar-refractivity contribution in [1.82, 2.24) is 5.32 Å². The molecule has 182 valence electrons. The van der Waals surface area contributed by atoms with Gasteiger partial charge in [0, 0.05) is 18.5 Å². The predicted octanol–water partition coefficient (Wildman–Crippen LogP) is 7.48. The van der Waals surface area contributed by atoms with E-state index in [0.717, 1.165) is 6.42 Å². The fourth-order valence-corrected chi connectivity index (χ4v) is 6.47. The van der Waals surface area contributed by atoms with Gasteiger partial charge in [-0.25, -0.2) is 0 Å². The van der Waals surface area contributed by atoms with E-state index in [1.54, 1.807) is 0 Å². The maximum atomic E-state index is 10.3. The normalized spacial score (nSPS) is 19.4. The monoisotopic (exact) mass is 449 g/mol. The summed E-state index contributed by atoms with van der Waals surface area (Å²) in [6, 6.07) is 19.1. The highest BCUT2D eigenvalue weighted by atomic mass is 16.3. The van der Waals surface area contributed by atoms with Crippen LogP contribution in [-0.2, 0) is 10.8 Å². The molecule has 2 aromatic carbocycles. The summed E-state index contributed by atoms with van der Waals surface area (Å²) >= 11 is 0.